The number of nitrogens with zero attached hydrogens (tertiary/aromatic N) is 2. The van der Waals surface area contributed by atoms with E-state index in [-0.39, 0.29) is 29.3 Å². The van der Waals surface area contributed by atoms with E-state index in [4.69, 9.17) is 17.3 Å². The molecule has 0 spiro atoms. The molecule has 0 atom stereocenters. The highest BCUT2D eigenvalue weighted by Gasteiger charge is 2.13. The van der Waals surface area contributed by atoms with Gasteiger partial charge >= 0.3 is 0 Å². The number of nitrogens with two attached hydrogens (primary N) is 1. The number of hydrogen-bond donors (Lipinski definition) is 3. The van der Waals surface area contributed by atoms with Crippen molar-refractivity contribution >= 4 is 46.2 Å². The fourth-order valence-corrected chi connectivity index (χ4v) is 2.22. The molecular weight excluding hydrogens is 374 g/mol. The highest BCUT2D eigenvalue weighted by atomic mass is 35.5. The van der Waals surface area contributed by atoms with Crippen LogP contribution in [0.1, 0.15) is 23.7 Å². The summed E-state index contributed by atoms with van der Waals surface area (Å²) in [6, 6.07) is 10.1. The van der Waals surface area contributed by atoms with Crippen LogP contribution in [-0.4, -0.2) is 22.4 Å². The first-order valence-corrected chi connectivity index (χ1v) is 8.06. The summed E-state index contributed by atoms with van der Waals surface area (Å²) in [5.74, 6) is -1.00. The number of nitro benzene ring substituents is 1. The molecule has 27 heavy (non-hydrogen) atoms. The number of benzene rings is 2. The maximum absolute atomic E-state index is 12.1. The largest absolute Gasteiger partial charge is 0.399 e. The molecule has 2 aromatic carbocycles. The van der Waals surface area contributed by atoms with Crippen molar-refractivity contribution in [3.63, 3.8) is 0 Å². The van der Waals surface area contributed by atoms with Gasteiger partial charge in [0.05, 0.1) is 16.9 Å². The first-order chi connectivity index (χ1) is 12.7. The molecule has 0 fully saturated rings. The van der Waals surface area contributed by atoms with Gasteiger partial charge in [-0.15, -0.1) is 0 Å². The first kappa shape index (κ1) is 19.9. The zero-order valence-corrected chi connectivity index (χ0v) is 15.0. The summed E-state index contributed by atoms with van der Waals surface area (Å²) in [6.45, 7) is 1.56. The maximum Gasteiger partial charge on any atom is 0.272 e. The van der Waals surface area contributed by atoms with Crippen LogP contribution >= 0.6 is 11.6 Å². The molecule has 10 heteroatoms. The number of nitrogen functional groups attached to an aromatic ring is 1. The van der Waals surface area contributed by atoms with E-state index in [0.29, 0.717) is 16.4 Å². The van der Waals surface area contributed by atoms with Crippen LogP contribution in [0.3, 0.4) is 0 Å². The van der Waals surface area contributed by atoms with Crippen molar-refractivity contribution in [1.82, 2.24) is 5.43 Å². The second-order valence-corrected chi connectivity index (χ2v) is 6.03. The molecule has 0 aliphatic carbocycles. The first-order valence-electron chi connectivity index (χ1n) is 7.68. The summed E-state index contributed by atoms with van der Waals surface area (Å²) in [7, 11) is 0. The van der Waals surface area contributed by atoms with Crippen LogP contribution < -0.4 is 16.5 Å². The Morgan fingerprint density at radius 2 is 1.89 bits per heavy atom. The third kappa shape index (κ3) is 6.08. The summed E-state index contributed by atoms with van der Waals surface area (Å²) in [6.07, 6.45) is -0.0556. The number of nitrogens with one attached hydrogen (secondary N) is 2. The number of non-ortho nitro benzene ring substituents is 1. The lowest BCUT2D eigenvalue weighted by molar-refractivity contribution is -0.384. The van der Waals surface area contributed by atoms with Crippen LogP contribution in [0.15, 0.2) is 47.6 Å². The molecule has 0 saturated heterocycles. The molecule has 0 unspecified atom stereocenters. The monoisotopic (exact) mass is 389 g/mol. The quantitative estimate of drug-likeness (QED) is 0.301. The second kappa shape index (κ2) is 8.77. The molecule has 0 heterocycles. The van der Waals surface area contributed by atoms with Gasteiger partial charge in [0.2, 0.25) is 5.91 Å². The molecular formula is C17H16ClN5O4. The van der Waals surface area contributed by atoms with E-state index in [0.717, 1.165) is 12.1 Å². The van der Waals surface area contributed by atoms with Gasteiger partial charge in [0, 0.05) is 34.2 Å². The maximum atomic E-state index is 12.1. The van der Waals surface area contributed by atoms with Crippen LogP contribution in [0, 0.1) is 10.1 Å². The standard InChI is InChI=1S/C17H16ClN5O4/c1-10(6-16(24)20-14-4-2-12(18)3-5-14)21-22-17(25)11-7-13(19)9-15(8-11)23(26)27/h2-5,7-9H,6,19H2,1H3,(H,20,24)(H,22,25)/b21-10+. The molecule has 0 aromatic heterocycles. The average Bonchev–Trinajstić information content (AvgIpc) is 2.61. The van der Waals surface area contributed by atoms with E-state index in [2.05, 4.69) is 15.8 Å². The third-order valence-electron chi connectivity index (χ3n) is 3.31. The highest BCUT2D eigenvalue weighted by molar-refractivity contribution is 6.30. The van der Waals surface area contributed by atoms with Gasteiger partial charge in [0.1, 0.15) is 0 Å². The summed E-state index contributed by atoms with van der Waals surface area (Å²) in [5, 5.41) is 17.9. The minimum atomic E-state index is -0.678. The number of hydrogen-bond acceptors (Lipinski definition) is 6. The van der Waals surface area contributed by atoms with Crippen LogP contribution in [-0.2, 0) is 4.79 Å². The normalized spacial score (nSPS) is 11.0. The SMILES string of the molecule is C/C(CC(=O)Nc1ccc(Cl)cc1)=N\NC(=O)c1cc(N)cc([N+](=O)[O-])c1. The molecule has 0 aliphatic heterocycles. The minimum absolute atomic E-state index is 0.0103. The van der Waals surface area contributed by atoms with E-state index >= 15 is 0 Å². The van der Waals surface area contributed by atoms with E-state index < -0.39 is 10.8 Å². The molecule has 2 amide bonds. The molecule has 0 saturated carbocycles. The van der Waals surface area contributed by atoms with E-state index in [1.54, 1.807) is 31.2 Å². The topological polar surface area (TPSA) is 140 Å². The van der Waals surface area contributed by atoms with Gasteiger partial charge in [0.15, 0.2) is 0 Å². The zero-order valence-electron chi connectivity index (χ0n) is 14.2. The van der Waals surface area contributed by atoms with Crippen molar-refractivity contribution in [3.8, 4) is 0 Å². The highest BCUT2D eigenvalue weighted by Crippen LogP contribution is 2.18. The molecule has 9 nitrogen and oxygen atoms in total. The lowest BCUT2D eigenvalue weighted by Crippen LogP contribution is -2.21. The minimum Gasteiger partial charge on any atom is -0.399 e. The number of hydrazone groups is 1. The Bertz CT molecular complexity index is 912. The molecule has 0 bridgehead atoms. The summed E-state index contributed by atoms with van der Waals surface area (Å²) < 4.78 is 0. The number of carbonyl (C=O) groups excluding carboxylic acids is 2. The number of carbonyl (C=O) groups is 2. The smallest absolute Gasteiger partial charge is 0.272 e. The predicted octanol–water partition coefficient (Wildman–Crippen LogP) is 2.96. The number of anilines is 2. The lowest BCUT2D eigenvalue weighted by Gasteiger charge is -2.06. The van der Waals surface area contributed by atoms with Crippen molar-refractivity contribution in [1.29, 1.82) is 0 Å². The predicted molar refractivity (Wildman–Crippen MR) is 103 cm³/mol. The Labute approximate surface area is 159 Å². The lowest BCUT2D eigenvalue weighted by atomic mass is 10.1. The van der Waals surface area contributed by atoms with Crippen LogP contribution in [0.5, 0.6) is 0 Å². The molecule has 0 radical (unpaired) electrons. The molecule has 2 rings (SSSR count). The Hall–Kier alpha value is -3.46. The van der Waals surface area contributed by atoms with Crippen molar-refractivity contribution in [2.45, 2.75) is 13.3 Å². The van der Waals surface area contributed by atoms with Gasteiger partial charge in [-0.05, 0) is 37.3 Å². The molecule has 2 aromatic rings. The number of halogens is 1. The van der Waals surface area contributed by atoms with Crippen molar-refractivity contribution in [3.05, 3.63) is 63.2 Å². The van der Waals surface area contributed by atoms with E-state index in [1.807, 2.05) is 0 Å². The zero-order chi connectivity index (χ0) is 20.0. The average molecular weight is 390 g/mol. The fourth-order valence-electron chi connectivity index (χ4n) is 2.09. The van der Waals surface area contributed by atoms with Crippen molar-refractivity contribution < 1.29 is 14.5 Å². The van der Waals surface area contributed by atoms with Crippen LogP contribution in [0.2, 0.25) is 5.02 Å². The third-order valence-corrected chi connectivity index (χ3v) is 3.56. The second-order valence-electron chi connectivity index (χ2n) is 5.59. The van der Waals surface area contributed by atoms with Gasteiger partial charge in [-0.1, -0.05) is 11.6 Å². The summed E-state index contributed by atoms with van der Waals surface area (Å²) in [5.41, 5.74) is 8.49. The Kier molecular flexibility index (Phi) is 6.45. The van der Waals surface area contributed by atoms with E-state index in [1.165, 1.54) is 6.07 Å². The molecule has 4 N–H and O–H groups in total. The van der Waals surface area contributed by atoms with Crippen LogP contribution in [0.25, 0.3) is 0 Å². The van der Waals surface area contributed by atoms with Crippen molar-refractivity contribution in [2.24, 2.45) is 5.10 Å². The molecule has 140 valence electrons. The van der Waals surface area contributed by atoms with Gasteiger partial charge in [-0.3, -0.25) is 19.7 Å². The number of amides is 2. The van der Waals surface area contributed by atoms with Gasteiger partial charge < -0.3 is 11.1 Å². The Balaban J connectivity index is 1.96. The van der Waals surface area contributed by atoms with Gasteiger partial charge in [-0.2, -0.15) is 5.10 Å². The fraction of sp³-hybridized carbons (Fsp3) is 0.118. The van der Waals surface area contributed by atoms with E-state index in [9.17, 15) is 19.7 Å². The Morgan fingerprint density at radius 1 is 1.22 bits per heavy atom. The number of nitro groups is 1. The molecule has 0 aliphatic rings. The van der Waals surface area contributed by atoms with Gasteiger partial charge in [0.25, 0.3) is 11.6 Å². The van der Waals surface area contributed by atoms with Crippen molar-refractivity contribution in [2.75, 3.05) is 11.1 Å². The Morgan fingerprint density at radius 3 is 2.52 bits per heavy atom. The summed E-state index contributed by atoms with van der Waals surface area (Å²) in [4.78, 5) is 34.2. The van der Waals surface area contributed by atoms with Crippen LogP contribution in [0.4, 0.5) is 17.1 Å². The number of rotatable bonds is 6. The summed E-state index contributed by atoms with van der Waals surface area (Å²) >= 11 is 5.77. The van der Waals surface area contributed by atoms with Gasteiger partial charge in [-0.25, -0.2) is 5.43 Å².